The number of hydrogen-bond donors (Lipinski definition) is 0. The van der Waals surface area contributed by atoms with Crippen molar-refractivity contribution in [1.82, 2.24) is 18.3 Å². The van der Waals surface area contributed by atoms with Gasteiger partial charge in [0.1, 0.15) is 19.0 Å². The molecule has 444 valence electrons. The molecule has 10 heteroatoms. The second kappa shape index (κ2) is 22.6. The number of fused-ring (bicyclic) bond motifs is 12. The fourth-order valence-electron chi connectivity index (χ4n) is 13.8. The van der Waals surface area contributed by atoms with E-state index in [0.717, 1.165) is 99.7 Å². The van der Waals surface area contributed by atoms with Crippen LogP contribution < -0.4 is 0 Å². The lowest BCUT2D eigenvalue weighted by atomic mass is 10.0. The van der Waals surface area contributed by atoms with Gasteiger partial charge in [0.05, 0.1) is 49.7 Å². The van der Waals surface area contributed by atoms with Gasteiger partial charge in [0.2, 0.25) is 0 Å². The Bertz CT molecular complexity index is 5420. The van der Waals surface area contributed by atoms with Gasteiger partial charge in [-0.25, -0.2) is 4.79 Å². The zero-order valence-electron chi connectivity index (χ0n) is 50.1. The molecule has 0 aliphatic carbocycles. The van der Waals surface area contributed by atoms with Crippen LogP contribution in [0, 0.1) is 0 Å². The van der Waals surface area contributed by atoms with E-state index in [1.165, 1.54) is 55.7 Å². The highest BCUT2D eigenvalue weighted by atomic mass is 32.2. The normalized spacial score (nSPS) is 12.1. The van der Waals surface area contributed by atoms with Gasteiger partial charge in [0.25, 0.3) is 0 Å². The van der Waals surface area contributed by atoms with Crippen LogP contribution in [-0.4, -0.2) is 33.0 Å². The fourth-order valence-corrected chi connectivity index (χ4v) is 14.3. The number of rotatable bonds is 14. The molecule has 17 aromatic rings. The van der Waals surface area contributed by atoms with E-state index in [1.54, 1.807) is 6.07 Å². The molecule has 4 aromatic heterocycles. The summed E-state index contributed by atoms with van der Waals surface area (Å²) in [6.07, 6.45) is 0. The van der Waals surface area contributed by atoms with E-state index in [1.807, 2.05) is 30.3 Å². The molecule has 0 aliphatic rings. The summed E-state index contributed by atoms with van der Waals surface area (Å²) in [6, 6.07) is 102. The van der Waals surface area contributed by atoms with Crippen molar-refractivity contribution in [3.63, 3.8) is 0 Å². The van der Waals surface area contributed by atoms with Crippen LogP contribution in [0.2, 0.25) is 0 Å². The van der Waals surface area contributed by atoms with Crippen molar-refractivity contribution >= 4 is 110 Å². The summed E-state index contributed by atoms with van der Waals surface area (Å²) in [5.74, 6) is -0.469. The number of carbonyl (C=O) groups is 1. The van der Waals surface area contributed by atoms with Crippen LogP contribution in [-0.2, 0) is 33.8 Å². The van der Waals surface area contributed by atoms with E-state index >= 15 is 0 Å². The van der Waals surface area contributed by atoms with Crippen LogP contribution in [0.1, 0.15) is 27.0 Å². The van der Waals surface area contributed by atoms with Gasteiger partial charge in [-0.15, -0.1) is 0 Å². The van der Waals surface area contributed by atoms with Gasteiger partial charge in [-0.1, -0.05) is 176 Å². The Morgan fingerprint density at radius 2 is 0.602 bits per heavy atom. The summed E-state index contributed by atoms with van der Waals surface area (Å²) in [5, 5.41) is 9.16. The zero-order valence-corrected chi connectivity index (χ0v) is 51.0. The minimum Gasteiger partial charge on any atom is -0.768 e. The summed E-state index contributed by atoms with van der Waals surface area (Å²) < 4.78 is 46.5. The van der Waals surface area contributed by atoms with Crippen LogP contribution in [0.4, 0.5) is 0 Å². The quantitative estimate of drug-likeness (QED) is 0.0614. The average Bonchev–Trinajstić information content (AvgIpc) is 1.80. The molecule has 0 bridgehead atoms. The first-order valence-corrected chi connectivity index (χ1v) is 32.0. The third-order valence-electron chi connectivity index (χ3n) is 18.2. The minimum absolute atomic E-state index is 0.0411. The molecular weight excluding hydrogens is 1170 g/mol. The van der Waals surface area contributed by atoms with Crippen molar-refractivity contribution in [3.8, 4) is 45.0 Å². The predicted octanol–water partition coefficient (Wildman–Crippen LogP) is 20.2. The Kier molecular flexibility index (Phi) is 13.4. The van der Waals surface area contributed by atoms with Gasteiger partial charge in [0, 0.05) is 76.3 Å². The molecule has 1 atom stereocenters. The maximum absolute atomic E-state index is 13.9. The van der Waals surface area contributed by atoms with Gasteiger partial charge in [-0.2, -0.15) is 0 Å². The summed E-state index contributed by atoms with van der Waals surface area (Å²) >= 11 is -2.66. The van der Waals surface area contributed by atoms with E-state index in [2.05, 4.69) is 274 Å². The molecule has 0 spiro atoms. The molecule has 13 aromatic carbocycles. The third kappa shape index (κ3) is 9.58. The number of carbonyl (C=O) groups excluding carboxylic acids is 1. The van der Waals surface area contributed by atoms with Gasteiger partial charge in [-0.3, -0.25) is 4.21 Å². The highest BCUT2D eigenvalue weighted by Gasteiger charge is 2.20. The summed E-state index contributed by atoms with van der Waals surface area (Å²) in [5.41, 5.74) is 19.7. The Morgan fingerprint density at radius 3 is 0.925 bits per heavy atom. The number of hydrogen-bond acceptors (Lipinski definition) is 5. The molecule has 4 heterocycles. The van der Waals surface area contributed by atoms with Crippen LogP contribution in [0.3, 0.4) is 0 Å². The first-order valence-electron chi connectivity index (χ1n) is 30.9. The van der Waals surface area contributed by atoms with Crippen molar-refractivity contribution in [2.45, 2.75) is 18.1 Å². The molecule has 0 saturated carbocycles. The summed E-state index contributed by atoms with van der Waals surface area (Å²) in [6.45, 7) is 4.30. The Labute approximate surface area is 537 Å². The number of benzene rings is 13. The third-order valence-corrected chi connectivity index (χ3v) is 18.9. The lowest BCUT2D eigenvalue weighted by molar-refractivity contribution is 0.0472. The van der Waals surface area contributed by atoms with Crippen LogP contribution in [0.15, 0.2) is 309 Å². The smallest absolute Gasteiger partial charge is 0.338 e. The Morgan fingerprint density at radius 1 is 0.323 bits per heavy atom. The molecule has 0 amide bonds. The molecule has 93 heavy (non-hydrogen) atoms. The van der Waals surface area contributed by atoms with Crippen molar-refractivity contribution in [1.29, 1.82) is 0 Å². The van der Waals surface area contributed by atoms with Crippen molar-refractivity contribution in [2.75, 3.05) is 0 Å². The standard InChI is InChI=1S/C83H56N4O5S/c1-53(91-51-54-26-44-81-73(46-54)71-18-6-12-24-79(71)86(81)64-40-32-58(33-41-64)56-28-36-62(37-29-56)84-75-20-8-2-14-67(75)68-15-3-9-21-76(68)84)60-48-61(50-66(49-60)93(89)90)83(88)92-52-55-27-45-82-74(47-55)72-19-7-13-25-80(72)87(82)65-42-34-59(35-43-65)57-30-38-63(39-31-57)85-77-22-10-4-16-69(77)70-17-5-11-23-78(70)85/h2-50H,1,51-52H2,(H,89,90)/p-1. The molecular formula is C83H55N4O5S-. The van der Waals surface area contributed by atoms with Crippen LogP contribution in [0.25, 0.3) is 138 Å². The van der Waals surface area contributed by atoms with E-state index in [0.29, 0.717) is 5.56 Å². The van der Waals surface area contributed by atoms with Crippen molar-refractivity contribution < 1.29 is 23.0 Å². The minimum atomic E-state index is -2.66. The lowest BCUT2D eigenvalue weighted by Crippen LogP contribution is -2.07. The van der Waals surface area contributed by atoms with Crippen molar-refractivity contribution in [3.05, 3.63) is 326 Å². The fraction of sp³-hybridized carbons (Fsp3) is 0.0241. The molecule has 0 N–H and O–H groups in total. The first-order chi connectivity index (χ1) is 45.8. The highest BCUT2D eigenvalue weighted by molar-refractivity contribution is 7.79. The van der Waals surface area contributed by atoms with Crippen LogP contribution in [0.5, 0.6) is 0 Å². The topological polar surface area (TPSA) is 95.4 Å². The molecule has 9 nitrogen and oxygen atoms in total. The molecule has 0 fully saturated rings. The number of esters is 1. The van der Waals surface area contributed by atoms with Gasteiger partial charge in [0.15, 0.2) is 0 Å². The van der Waals surface area contributed by atoms with Gasteiger partial charge >= 0.3 is 5.97 Å². The number of ether oxygens (including phenoxy) is 2. The van der Waals surface area contributed by atoms with Gasteiger partial charge in [-0.05, 0) is 172 Å². The molecule has 1 unspecified atom stereocenters. The Balaban J connectivity index is 0.579. The van der Waals surface area contributed by atoms with E-state index in [4.69, 9.17) is 9.47 Å². The summed E-state index contributed by atoms with van der Waals surface area (Å²) in [4.78, 5) is 13.9. The lowest BCUT2D eigenvalue weighted by Gasteiger charge is -2.14. The SMILES string of the molecule is C=C(OCc1ccc2c(c1)c1ccccc1n2-c1ccc(-c2ccc(-n3c4ccccc4c4ccccc43)cc2)cc1)c1cc(C(=O)OCc2ccc3c(c2)c2ccccc2n3-c2ccc(-c3ccc(-n4c5ccccc5c5ccccc54)cc3)cc2)cc(S(=O)[O-])c1. The molecule has 0 aliphatic heterocycles. The maximum atomic E-state index is 13.9. The van der Waals surface area contributed by atoms with Gasteiger partial charge < -0.3 is 32.3 Å². The maximum Gasteiger partial charge on any atom is 0.338 e. The molecule has 17 rings (SSSR count). The molecule has 0 radical (unpaired) electrons. The van der Waals surface area contributed by atoms with E-state index < -0.39 is 17.0 Å². The average molecular weight is 1220 g/mol. The van der Waals surface area contributed by atoms with Crippen LogP contribution >= 0.6 is 0 Å². The van der Waals surface area contributed by atoms with Crippen molar-refractivity contribution in [2.24, 2.45) is 0 Å². The van der Waals surface area contributed by atoms with E-state index in [9.17, 15) is 13.6 Å². The number of nitrogens with zero attached hydrogens (tertiary/aromatic N) is 4. The second-order valence-electron chi connectivity index (χ2n) is 23.6. The summed E-state index contributed by atoms with van der Waals surface area (Å²) in [7, 11) is 0. The second-order valence-corrected chi connectivity index (χ2v) is 24.5. The highest BCUT2D eigenvalue weighted by Crippen LogP contribution is 2.39. The molecule has 0 saturated heterocycles. The predicted molar refractivity (Wildman–Crippen MR) is 378 cm³/mol. The number of aromatic nitrogens is 4. The van der Waals surface area contributed by atoms with E-state index in [-0.39, 0.29) is 29.4 Å². The number of para-hydroxylation sites is 6. The monoisotopic (exact) mass is 1220 g/mol. The Hall–Kier alpha value is -11.8. The first kappa shape index (κ1) is 55.3. The zero-order chi connectivity index (χ0) is 62.3. The largest absolute Gasteiger partial charge is 0.768 e.